The molecule has 1 heterocycles. The van der Waals surface area contributed by atoms with Crippen LogP contribution in [0.15, 0.2) is 29.2 Å². The van der Waals surface area contributed by atoms with E-state index >= 15 is 0 Å². The smallest absolute Gasteiger partial charge is 0.133 e. The molecule has 0 amide bonds. The summed E-state index contributed by atoms with van der Waals surface area (Å²) in [4.78, 5) is 9.25. The Morgan fingerprint density at radius 2 is 2.26 bits per heavy atom. The van der Waals surface area contributed by atoms with Crippen molar-refractivity contribution in [2.75, 3.05) is 0 Å². The lowest BCUT2D eigenvalue weighted by molar-refractivity contribution is 0.893. The molecule has 1 aliphatic rings. The van der Waals surface area contributed by atoms with E-state index in [0.29, 0.717) is 0 Å². The van der Waals surface area contributed by atoms with Gasteiger partial charge in [0.15, 0.2) is 0 Å². The van der Waals surface area contributed by atoms with Gasteiger partial charge in [-0.2, -0.15) is 0 Å². The number of H-pyrrole nitrogens is 1. The van der Waals surface area contributed by atoms with E-state index in [1.165, 1.54) is 28.1 Å². The number of aromatic nitrogens is 2. The minimum atomic E-state index is 0.797. The van der Waals surface area contributed by atoms with E-state index in [1.807, 2.05) is 0 Å². The molecule has 1 aromatic heterocycles. The van der Waals surface area contributed by atoms with Gasteiger partial charge in [-0.15, -0.1) is 11.8 Å². The Morgan fingerprint density at radius 1 is 1.37 bits per heavy atom. The SMILES string of the molecule is Cc1cccc(SCc2nc(=S)c3c([nH]2)CCC3)c1. The largest absolute Gasteiger partial charge is 0.346 e. The number of hydrogen-bond donors (Lipinski definition) is 1. The summed E-state index contributed by atoms with van der Waals surface area (Å²) in [5.41, 5.74) is 3.86. The number of nitrogens with one attached hydrogen (secondary N) is 1. The van der Waals surface area contributed by atoms with Crippen molar-refractivity contribution >= 4 is 24.0 Å². The first kappa shape index (κ1) is 12.9. The van der Waals surface area contributed by atoms with Gasteiger partial charge in [0.1, 0.15) is 10.5 Å². The molecule has 0 saturated carbocycles. The molecule has 1 N–H and O–H groups in total. The van der Waals surface area contributed by atoms with Crippen molar-refractivity contribution in [2.24, 2.45) is 0 Å². The fraction of sp³-hybridized carbons (Fsp3) is 0.333. The number of fused-ring (bicyclic) bond motifs is 1. The molecule has 2 nitrogen and oxygen atoms in total. The van der Waals surface area contributed by atoms with Crippen molar-refractivity contribution in [3.05, 3.63) is 51.6 Å². The third kappa shape index (κ3) is 2.90. The third-order valence-corrected chi connectivity index (χ3v) is 4.72. The summed E-state index contributed by atoms with van der Waals surface area (Å²) < 4.78 is 0.797. The number of aryl methyl sites for hydroxylation is 2. The molecule has 2 aromatic rings. The van der Waals surface area contributed by atoms with Crippen LogP contribution in [0, 0.1) is 11.6 Å². The Balaban J connectivity index is 1.77. The van der Waals surface area contributed by atoms with Crippen LogP contribution in [0.4, 0.5) is 0 Å². The third-order valence-electron chi connectivity index (χ3n) is 3.37. The maximum Gasteiger partial charge on any atom is 0.133 e. The topological polar surface area (TPSA) is 28.7 Å². The second-order valence-electron chi connectivity index (χ2n) is 4.90. The van der Waals surface area contributed by atoms with Crippen LogP contribution in [0.1, 0.15) is 29.1 Å². The van der Waals surface area contributed by atoms with Gasteiger partial charge in [0.05, 0.1) is 5.75 Å². The Labute approximate surface area is 122 Å². The number of rotatable bonds is 3. The van der Waals surface area contributed by atoms with E-state index in [4.69, 9.17) is 12.2 Å². The van der Waals surface area contributed by atoms with Crippen molar-refractivity contribution in [2.45, 2.75) is 36.8 Å². The first-order valence-corrected chi connectivity index (χ1v) is 7.92. The van der Waals surface area contributed by atoms with Crippen LogP contribution in [0.3, 0.4) is 0 Å². The highest BCUT2D eigenvalue weighted by atomic mass is 32.2. The molecule has 0 bridgehead atoms. The van der Waals surface area contributed by atoms with Crippen LogP contribution in [0.25, 0.3) is 0 Å². The monoisotopic (exact) mass is 288 g/mol. The minimum Gasteiger partial charge on any atom is -0.346 e. The molecule has 0 spiro atoms. The van der Waals surface area contributed by atoms with E-state index in [2.05, 4.69) is 41.2 Å². The van der Waals surface area contributed by atoms with Gasteiger partial charge >= 0.3 is 0 Å². The number of aromatic amines is 1. The van der Waals surface area contributed by atoms with Crippen molar-refractivity contribution in [1.29, 1.82) is 0 Å². The predicted molar refractivity (Wildman–Crippen MR) is 82.2 cm³/mol. The minimum absolute atomic E-state index is 0.797. The molecule has 19 heavy (non-hydrogen) atoms. The van der Waals surface area contributed by atoms with E-state index in [0.717, 1.165) is 29.1 Å². The van der Waals surface area contributed by atoms with E-state index in [9.17, 15) is 0 Å². The number of hydrogen-bond acceptors (Lipinski definition) is 3. The summed E-state index contributed by atoms with van der Waals surface area (Å²) in [5.74, 6) is 1.84. The van der Waals surface area contributed by atoms with Gasteiger partial charge in [-0.05, 0) is 38.3 Å². The van der Waals surface area contributed by atoms with Gasteiger partial charge in [0.25, 0.3) is 0 Å². The van der Waals surface area contributed by atoms with Crippen LogP contribution in [-0.4, -0.2) is 9.97 Å². The fourth-order valence-electron chi connectivity index (χ4n) is 2.44. The molecule has 98 valence electrons. The lowest BCUT2D eigenvalue weighted by Crippen LogP contribution is -1.99. The van der Waals surface area contributed by atoms with Gasteiger partial charge in [-0.25, -0.2) is 4.98 Å². The van der Waals surface area contributed by atoms with Gasteiger partial charge in [-0.1, -0.05) is 29.9 Å². The van der Waals surface area contributed by atoms with Crippen LogP contribution < -0.4 is 0 Å². The van der Waals surface area contributed by atoms with E-state index < -0.39 is 0 Å². The zero-order valence-corrected chi connectivity index (χ0v) is 12.5. The van der Waals surface area contributed by atoms with Gasteiger partial charge in [-0.3, -0.25) is 0 Å². The van der Waals surface area contributed by atoms with Crippen molar-refractivity contribution in [3.8, 4) is 0 Å². The second-order valence-corrected chi connectivity index (χ2v) is 6.34. The summed E-state index contributed by atoms with van der Waals surface area (Å²) in [7, 11) is 0. The highest BCUT2D eigenvalue weighted by Crippen LogP contribution is 2.25. The lowest BCUT2D eigenvalue weighted by Gasteiger charge is -2.06. The van der Waals surface area contributed by atoms with Crippen LogP contribution in [0.5, 0.6) is 0 Å². The first-order chi connectivity index (χ1) is 9.22. The van der Waals surface area contributed by atoms with E-state index in [-0.39, 0.29) is 0 Å². The molecular weight excluding hydrogens is 272 g/mol. The zero-order chi connectivity index (χ0) is 13.2. The maximum atomic E-state index is 5.38. The van der Waals surface area contributed by atoms with Crippen LogP contribution in [-0.2, 0) is 18.6 Å². The van der Waals surface area contributed by atoms with Crippen molar-refractivity contribution < 1.29 is 0 Å². The molecule has 1 aliphatic carbocycles. The summed E-state index contributed by atoms with van der Waals surface area (Å²) in [6.45, 7) is 2.12. The Bertz CT molecular complexity index is 661. The lowest BCUT2D eigenvalue weighted by atomic mass is 10.2. The van der Waals surface area contributed by atoms with E-state index in [1.54, 1.807) is 11.8 Å². The Kier molecular flexibility index (Phi) is 3.71. The summed E-state index contributed by atoms with van der Waals surface area (Å²) in [6.07, 6.45) is 3.40. The van der Waals surface area contributed by atoms with Crippen LogP contribution >= 0.6 is 24.0 Å². The number of thioether (sulfide) groups is 1. The second kappa shape index (κ2) is 5.47. The highest BCUT2D eigenvalue weighted by Gasteiger charge is 2.14. The van der Waals surface area contributed by atoms with Gasteiger partial charge in [0, 0.05) is 16.2 Å². The molecule has 1 aromatic carbocycles. The standard InChI is InChI=1S/C15H16N2S2/c1-10-4-2-5-11(8-10)19-9-14-16-13-7-3-6-12(13)15(18)17-14/h2,4-5,8H,3,6-7,9H2,1H3,(H,16,17,18). The molecular formula is C15H16N2S2. The molecule has 0 radical (unpaired) electrons. The average Bonchev–Trinajstić information content (AvgIpc) is 2.85. The predicted octanol–water partition coefficient (Wildman–Crippen LogP) is 4.23. The number of benzene rings is 1. The molecule has 0 atom stereocenters. The van der Waals surface area contributed by atoms with Crippen molar-refractivity contribution in [1.82, 2.24) is 9.97 Å². The average molecular weight is 288 g/mol. The highest BCUT2D eigenvalue weighted by molar-refractivity contribution is 7.98. The molecule has 3 rings (SSSR count). The summed E-state index contributed by atoms with van der Waals surface area (Å²) in [5, 5.41) is 0. The molecule has 0 unspecified atom stereocenters. The van der Waals surface area contributed by atoms with Crippen LogP contribution in [0.2, 0.25) is 0 Å². The normalized spacial score (nSPS) is 13.5. The van der Waals surface area contributed by atoms with Crippen molar-refractivity contribution in [3.63, 3.8) is 0 Å². The summed E-state index contributed by atoms with van der Waals surface area (Å²) >= 11 is 7.18. The Morgan fingerprint density at radius 3 is 3.11 bits per heavy atom. The molecule has 0 aliphatic heterocycles. The molecule has 4 heteroatoms. The first-order valence-electron chi connectivity index (χ1n) is 6.53. The van der Waals surface area contributed by atoms with Gasteiger partial charge in [0.2, 0.25) is 0 Å². The van der Waals surface area contributed by atoms with Gasteiger partial charge < -0.3 is 4.98 Å². The summed E-state index contributed by atoms with van der Waals surface area (Å²) in [6, 6.07) is 8.55. The quantitative estimate of drug-likeness (QED) is 0.677. The fourth-order valence-corrected chi connectivity index (χ4v) is 3.65. The molecule has 0 fully saturated rings. The number of nitrogens with zero attached hydrogens (tertiary/aromatic N) is 1. The Hall–Kier alpha value is -1.13. The molecule has 0 saturated heterocycles. The maximum absolute atomic E-state index is 5.38. The zero-order valence-electron chi connectivity index (χ0n) is 10.9.